The van der Waals surface area contributed by atoms with Gasteiger partial charge < -0.3 is 10.1 Å². The second-order valence-electron chi connectivity index (χ2n) is 6.83. The summed E-state index contributed by atoms with van der Waals surface area (Å²) in [5.74, 6) is 1.71. The first-order chi connectivity index (χ1) is 13.6. The first kappa shape index (κ1) is 17.9. The van der Waals surface area contributed by atoms with Crippen molar-refractivity contribution >= 4 is 23.5 Å². The number of ether oxygens (including phenoxy) is 1. The Hall–Kier alpha value is -3.47. The van der Waals surface area contributed by atoms with E-state index in [0.29, 0.717) is 23.8 Å². The number of carbonyl (C=O) groups is 1. The molecule has 0 amide bonds. The largest absolute Gasteiger partial charge is 0.439 e. The van der Waals surface area contributed by atoms with Crippen molar-refractivity contribution in [1.82, 2.24) is 9.97 Å². The van der Waals surface area contributed by atoms with Gasteiger partial charge in [0.2, 0.25) is 11.8 Å². The standard InChI is InChI=1S/C23H21N3O2/c1-3-21(27)17-5-4-6-19(13-17)25-23-24-10-9-22(26-23)28-20-8-7-16-11-15(2)12-18(16)14-20/h4-10,12-14H,3,11H2,1-2H3,(H,24,25,26). The van der Waals surface area contributed by atoms with Gasteiger partial charge in [-0.3, -0.25) is 4.79 Å². The lowest BCUT2D eigenvalue weighted by Crippen LogP contribution is -2.01. The third-order valence-electron chi connectivity index (χ3n) is 4.60. The minimum Gasteiger partial charge on any atom is -0.439 e. The van der Waals surface area contributed by atoms with Crippen molar-refractivity contribution in [1.29, 1.82) is 0 Å². The fraction of sp³-hybridized carbons (Fsp3) is 0.174. The number of benzene rings is 2. The number of anilines is 2. The Bertz CT molecular complexity index is 1070. The number of ketones is 1. The summed E-state index contributed by atoms with van der Waals surface area (Å²) in [5, 5.41) is 3.13. The number of aromatic nitrogens is 2. The van der Waals surface area contributed by atoms with E-state index in [2.05, 4.69) is 34.4 Å². The molecular formula is C23H21N3O2. The first-order valence-corrected chi connectivity index (χ1v) is 9.32. The molecule has 0 spiro atoms. The predicted octanol–water partition coefficient (Wildman–Crippen LogP) is 5.56. The summed E-state index contributed by atoms with van der Waals surface area (Å²) >= 11 is 0. The zero-order valence-corrected chi connectivity index (χ0v) is 15.9. The molecule has 5 heteroatoms. The fourth-order valence-corrected chi connectivity index (χ4v) is 3.23. The van der Waals surface area contributed by atoms with Crippen LogP contribution in [0.4, 0.5) is 11.6 Å². The van der Waals surface area contributed by atoms with Crippen LogP contribution in [0.1, 0.15) is 41.8 Å². The number of carbonyl (C=O) groups excluding carboxylic acids is 1. The van der Waals surface area contributed by atoms with Crippen LogP contribution in [0.15, 0.2) is 60.3 Å². The van der Waals surface area contributed by atoms with E-state index >= 15 is 0 Å². The maximum Gasteiger partial charge on any atom is 0.230 e. The molecule has 1 N–H and O–H groups in total. The van der Waals surface area contributed by atoms with Gasteiger partial charge in [0.25, 0.3) is 0 Å². The monoisotopic (exact) mass is 371 g/mol. The third-order valence-corrected chi connectivity index (χ3v) is 4.60. The fourth-order valence-electron chi connectivity index (χ4n) is 3.23. The molecule has 140 valence electrons. The van der Waals surface area contributed by atoms with Gasteiger partial charge in [-0.1, -0.05) is 36.8 Å². The van der Waals surface area contributed by atoms with Crippen LogP contribution < -0.4 is 10.1 Å². The van der Waals surface area contributed by atoms with Crippen molar-refractivity contribution in [3.8, 4) is 11.6 Å². The van der Waals surface area contributed by atoms with E-state index < -0.39 is 0 Å². The zero-order valence-electron chi connectivity index (χ0n) is 15.9. The van der Waals surface area contributed by atoms with Gasteiger partial charge in [-0.05, 0) is 48.7 Å². The SMILES string of the molecule is CCC(=O)c1cccc(Nc2nccc(Oc3ccc4c(c3)C=C(C)C4)n2)c1. The molecule has 1 aliphatic carbocycles. The molecule has 2 aromatic carbocycles. The number of rotatable bonds is 6. The van der Waals surface area contributed by atoms with Crippen LogP contribution in [-0.4, -0.2) is 15.8 Å². The second kappa shape index (κ2) is 7.64. The Morgan fingerprint density at radius 3 is 2.93 bits per heavy atom. The molecule has 4 rings (SSSR count). The van der Waals surface area contributed by atoms with Gasteiger partial charge in [-0.2, -0.15) is 4.98 Å². The number of fused-ring (bicyclic) bond motifs is 1. The maximum atomic E-state index is 11.9. The number of nitrogens with zero attached hydrogens (tertiary/aromatic N) is 2. The van der Waals surface area contributed by atoms with Crippen molar-refractivity contribution < 1.29 is 9.53 Å². The van der Waals surface area contributed by atoms with Gasteiger partial charge in [-0.25, -0.2) is 4.98 Å². The Morgan fingerprint density at radius 2 is 2.07 bits per heavy atom. The number of hydrogen-bond acceptors (Lipinski definition) is 5. The van der Waals surface area contributed by atoms with E-state index in [-0.39, 0.29) is 5.78 Å². The highest BCUT2D eigenvalue weighted by atomic mass is 16.5. The average Bonchev–Trinajstić information content (AvgIpc) is 3.07. The number of allylic oxidation sites excluding steroid dienone is 1. The Balaban J connectivity index is 1.51. The summed E-state index contributed by atoms with van der Waals surface area (Å²) in [5.41, 5.74) is 5.29. The predicted molar refractivity (Wildman–Crippen MR) is 110 cm³/mol. The molecule has 28 heavy (non-hydrogen) atoms. The lowest BCUT2D eigenvalue weighted by molar-refractivity contribution is 0.0988. The van der Waals surface area contributed by atoms with Gasteiger partial charge in [0, 0.05) is 29.9 Å². The van der Waals surface area contributed by atoms with Crippen LogP contribution >= 0.6 is 0 Å². The Morgan fingerprint density at radius 1 is 1.18 bits per heavy atom. The van der Waals surface area contributed by atoms with Gasteiger partial charge in [0.1, 0.15) is 5.75 Å². The summed E-state index contributed by atoms with van der Waals surface area (Å²) in [6.07, 6.45) is 5.29. The number of nitrogens with one attached hydrogen (secondary N) is 1. The van der Waals surface area contributed by atoms with Gasteiger partial charge in [0.05, 0.1) is 0 Å². The molecule has 0 bridgehead atoms. The molecular weight excluding hydrogens is 350 g/mol. The molecule has 0 unspecified atom stereocenters. The van der Waals surface area contributed by atoms with E-state index in [1.54, 1.807) is 24.4 Å². The molecule has 3 aromatic rings. The van der Waals surface area contributed by atoms with E-state index in [1.165, 1.54) is 16.7 Å². The van der Waals surface area contributed by atoms with Crippen LogP contribution in [0, 0.1) is 0 Å². The summed E-state index contributed by atoms with van der Waals surface area (Å²) in [4.78, 5) is 20.6. The number of Topliss-reactive ketones (excluding diaryl/α,β-unsaturated/α-hetero) is 1. The van der Waals surface area contributed by atoms with Gasteiger partial charge in [0.15, 0.2) is 5.78 Å². The lowest BCUT2D eigenvalue weighted by Gasteiger charge is -2.09. The first-order valence-electron chi connectivity index (χ1n) is 9.32. The minimum atomic E-state index is 0.0996. The highest BCUT2D eigenvalue weighted by Gasteiger charge is 2.11. The molecule has 0 aliphatic heterocycles. The van der Waals surface area contributed by atoms with E-state index in [9.17, 15) is 4.79 Å². The molecule has 0 fully saturated rings. The molecule has 1 heterocycles. The summed E-state index contributed by atoms with van der Waals surface area (Å²) < 4.78 is 5.92. The highest BCUT2D eigenvalue weighted by molar-refractivity contribution is 5.96. The van der Waals surface area contributed by atoms with E-state index in [0.717, 1.165) is 17.9 Å². The van der Waals surface area contributed by atoms with Crippen LogP contribution in [0.25, 0.3) is 6.08 Å². The third kappa shape index (κ3) is 3.93. The van der Waals surface area contributed by atoms with Crippen LogP contribution in [-0.2, 0) is 6.42 Å². The zero-order chi connectivity index (χ0) is 19.5. The van der Waals surface area contributed by atoms with Crippen molar-refractivity contribution in [2.45, 2.75) is 26.7 Å². The highest BCUT2D eigenvalue weighted by Crippen LogP contribution is 2.30. The topological polar surface area (TPSA) is 64.1 Å². The minimum absolute atomic E-state index is 0.0996. The molecule has 5 nitrogen and oxygen atoms in total. The van der Waals surface area contributed by atoms with Crippen LogP contribution in [0.2, 0.25) is 0 Å². The summed E-state index contributed by atoms with van der Waals surface area (Å²) in [7, 11) is 0. The summed E-state index contributed by atoms with van der Waals surface area (Å²) in [6, 6.07) is 15.1. The van der Waals surface area contributed by atoms with Gasteiger partial charge >= 0.3 is 0 Å². The quantitative estimate of drug-likeness (QED) is 0.574. The Labute approximate surface area is 164 Å². The van der Waals surface area contributed by atoms with E-state index in [4.69, 9.17) is 4.74 Å². The maximum absolute atomic E-state index is 11.9. The van der Waals surface area contributed by atoms with Gasteiger partial charge in [-0.15, -0.1) is 0 Å². The summed E-state index contributed by atoms with van der Waals surface area (Å²) in [6.45, 7) is 3.98. The van der Waals surface area contributed by atoms with E-state index in [1.807, 2.05) is 31.2 Å². The van der Waals surface area contributed by atoms with Crippen molar-refractivity contribution in [2.75, 3.05) is 5.32 Å². The molecule has 0 saturated carbocycles. The normalized spacial score (nSPS) is 12.3. The molecule has 0 saturated heterocycles. The molecule has 1 aliphatic rings. The van der Waals surface area contributed by atoms with Crippen molar-refractivity contribution in [2.24, 2.45) is 0 Å². The molecule has 1 aromatic heterocycles. The van der Waals surface area contributed by atoms with Crippen molar-refractivity contribution in [3.63, 3.8) is 0 Å². The number of hydrogen-bond donors (Lipinski definition) is 1. The average molecular weight is 371 g/mol. The second-order valence-corrected chi connectivity index (χ2v) is 6.83. The van der Waals surface area contributed by atoms with Crippen LogP contribution in [0.3, 0.4) is 0 Å². The molecule has 0 radical (unpaired) electrons. The molecule has 0 atom stereocenters. The lowest BCUT2D eigenvalue weighted by atomic mass is 10.1. The van der Waals surface area contributed by atoms with Crippen molar-refractivity contribution in [3.05, 3.63) is 77.0 Å². The Kier molecular flexibility index (Phi) is 4.89. The smallest absolute Gasteiger partial charge is 0.230 e. The van der Waals surface area contributed by atoms with Crippen LogP contribution in [0.5, 0.6) is 11.6 Å².